The minimum absolute atomic E-state index is 0. The maximum absolute atomic E-state index is 12.5. The number of aromatic nitrogens is 6. The lowest BCUT2D eigenvalue weighted by Crippen LogP contribution is -2.49. The van der Waals surface area contributed by atoms with Crippen LogP contribution in [-0.4, -0.2) is 116 Å². The highest BCUT2D eigenvalue weighted by atomic mass is 79.9. The third-order valence-electron chi connectivity index (χ3n) is 12.6. The molecule has 1 saturated heterocycles. The van der Waals surface area contributed by atoms with E-state index < -0.39 is 6.10 Å². The Morgan fingerprint density at radius 2 is 1.49 bits per heavy atom. The van der Waals surface area contributed by atoms with E-state index in [0.29, 0.717) is 48.7 Å². The van der Waals surface area contributed by atoms with Gasteiger partial charge in [0.2, 0.25) is 5.91 Å². The van der Waals surface area contributed by atoms with E-state index in [9.17, 15) is 9.90 Å². The topological polar surface area (TPSA) is 148 Å². The first-order valence-electron chi connectivity index (χ1n) is 23.6. The first kappa shape index (κ1) is 51.9. The third kappa shape index (κ3) is 11.6. The Morgan fingerprint density at radius 1 is 0.819 bits per heavy atom. The summed E-state index contributed by atoms with van der Waals surface area (Å²) >= 11 is 13.0. The quantitative estimate of drug-likeness (QED) is 0.100. The van der Waals surface area contributed by atoms with Crippen molar-refractivity contribution in [2.75, 3.05) is 69.7 Å². The Morgan fingerprint density at radius 3 is 2.14 bits per heavy atom. The van der Waals surface area contributed by atoms with Crippen LogP contribution in [0.25, 0.3) is 60.8 Å². The van der Waals surface area contributed by atoms with Crippen molar-refractivity contribution in [2.24, 2.45) is 0 Å². The van der Waals surface area contributed by atoms with Crippen LogP contribution in [0.1, 0.15) is 26.8 Å². The number of rotatable bonds is 10. The van der Waals surface area contributed by atoms with Gasteiger partial charge in [-0.25, -0.2) is 4.98 Å². The molecule has 0 bridgehead atoms. The van der Waals surface area contributed by atoms with Gasteiger partial charge in [-0.05, 0) is 106 Å². The molecule has 1 atom stereocenters. The van der Waals surface area contributed by atoms with Crippen molar-refractivity contribution < 1.29 is 14.3 Å². The van der Waals surface area contributed by atoms with Gasteiger partial charge in [-0.1, -0.05) is 87.3 Å². The fraction of sp³-hybridized carbons (Fsp3) is 0.273. The van der Waals surface area contributed by atoms with E-state index >= 15 is 0 Å². The Balaban J connectivity index is 0.000000144. The van der Waals surface area contributed by atoms with Gasteiger partial charge in [0.05, 0.1) is 24.4 Å². The van der Waals surface area contributed by atoms with E-state index in [-0.39, 0.29) is 13.3 Å². The van der Waals surface area contributed by atoms with Crippen LogP contribution in [0, 0.1) is 5.41 Å². The molecule has 1 unspecified atom stereocenters. The number of piperazine rings is 1. The van der Waals surface area contributed by atoms with E-state index in [4.69, 9.17) is 26.4 Å². The number of aliphatic hydroxyl groups excluding tert-OH is 1. The molecule has 2 N–H and O–H groups in total. The predicted octanol–water partition coefficient (Wildman–Crippen LogP) is 11.0. The molecule has 14 nitrogen and oxygen atoms in total. The molecule has 0 saturated carbocycles. The SMILES string of the molecule is C.CCN(CC)c1ccc2nc3c4ccccc4c(=N)cc-3oc2c1.CN(C)CC(O)Cn1c2ccc(Br)cc2c2cc(Br)ccc21.O=C(Cc1ccc(Cl)cc1)N1CCN(c2ccc3nncn3n2)CC1. The van der Waals surface area contributed by atoms with Crippen LogP contribution >= 0.6 is 43.5 Å². The van der Waals surface area contributed by atoms with Crippen molar-refractivity contribution in [2.45, 2.75) is 40.3 Å². The van der Waals surface area contributed by atoms with Gasteiger partial charge >= 0.3 is 0 Å². The van der Waals surface area contributed by atoms with E-state index in [0.717, 1.165) is 96.4 Å². The number of anilines is 2. The highest BCUT2D eigenvalue weighted by molar-refractivity contribution is 9.10. The standard InChI is InChI=1S/C20H19N3O.C17H18Br2N2O.C17H17ClN6O.CH4/c1-3-23(4-2)13-9-10-17-18(11-13)24-19-12-16(21)14-7-5-6-8-15(14)20(19)22-17;1-20(2)9-13(22)10-21-16-5-3-11(18)7-14(16)15-8-12(19)4-6-17(15)21;18-14-3-1-13(2-4-14)11-17(25)23-9-7-22(8-10-23)16-6-5-15-20-19-12-24(15)21-16;/h5-12,21H,3-4H2,1-2H3;3-8,13,22H,9-10H2,1-2H3;1-6,12H,7-11H2;1H4. The number of likely N-dealkylation sites (N-methyl/N-ethyl adjacent to an activating group) is 1. The number of nitrogens with one attached hydrogen (secondary N) is 1. The monoisotopic (exact) mass is 1110 g/mol. The Kier molecular flexibility index (Phi) is 16.6. The second-order valence-electron chi connectivity index (χ2n) is 17.7. The Bertz CT molecular complexity index is 3450. The number of aliphatic hydroxyl groups is 1. The van der Waals surface area contributed by atoms with Gasteiger partial charge in [-0.2, -0.15) is 4.52 Å². The molecule has 17 heteroatoms. The zero-order chi connectivity index (χ0) is 49.8. The van der Waals surface area contributed by atoms with Crippen LogP contribution < -0.4 is 15.2 Å². The van der Waals surface area contributed by atoms with Crippen molar-refractivity contribution in [1.82, 2.24) is 39.2 Å². The highest BCUT2D eigenvalue weighted by Gasteiger charge is 2.23. The summed E-state index contributed by atoms with van der Waals surface area (Å²) in [7, 11) is 3.95. The largest absolute Gasteiger partial charge is 0.453 e. The lowest BCUT2D eigenvalue weighted by molar-refractivity contribution is -0.130. The normalized spacial score (nSPS) is 13.1. The fourth-order valence-corrected chi connectivity index (χ4v) is 9.97. The van der Waals surface area contributed by atoms with Crippen LogP contribution in [0.5, 0.6) is 0 Å². The molecule has 5 aromatic carbocycles. The van der Waals surface area contributed by atoms with E-state index in [1.165, 1.54) is 10.8 Å². The smallest absolute Gasteiger partial charge is 0.227 e. The second kappa shape index (κ2) is 23.0. The number of nitrogens with zero attached hydrogens (tertiary/aromatic N) is 10. The molecule has 0 radical (unpaired) electrons. The van der Waals surface area contributed by atoms with Gasteiger partial charge in [0, 0.05) is 110 Å². The van der Waals surface area contributed by atoms with Crippen LogP contribution in [0.4, 0.5) is 11.5 Å². The molecule has 1 fully saturated rings. The van der Waals surface area contributed by atoms with Crippen molar-refractivity contribution >= 4 is 110 Å². The number of benzene rings is 6. The van der Waals surface area contributed by atoms with Crippen LogP contribution in [0.15, 0.2) is 141 Å². The van der Waals surface area contributed by atoms with Crippen LogP contribution in [-0.2, 0) is 17.8 Å². The number of fused-ring (bicyclic) bond motifs is 8. The number of halogens is 3. The molecule has 5 heterocycles. The van der Waals surface area contributed by atoms with E-state index in [1.807, 2.05) is 109 Å². The van der Waals surface area contributed by atoms with Crippen LogP contribution in [0.3, 0.4) is 0 Å². The number of hydrogen-bond acceptors (Lipinski definition) is 11. The molecule has 8 aromatic rings. The number of carbonyl (C=O) groups is 1. The maximum atomic E-state index is 12.5. The second-order valence-corrected chi connectivity index (χ2v) is 20.0. The Labute approximate surface area is 440 Å². The highest BCUT2D eigenvalue weighted by Crippen LogP contribution is 2.34. The maximum Gasteiger partial charge on any atom is 0.227 e. The third-order valence-corrected chi connectivity index (χ3v) is 13.9. The van der Waals surface area contributed by atoms with Crippen molar-refractivity contribution in [3.05, 3.63) is 153 Å². The summed E-state index contributed by atoms with van der Waals surface area (Å²) in [6, 6.07) is 39.6. The predicted molar refractivity (Wildman–Crippen MR) is 298 cm³/mol. The molecule has 1 amide bonds. The van der Waals surface area contributed by atoms with Crippen molar-refractivity contribution in [1.29, 1.82) is 5.41 Å². The summed E-state index contributed by atoms with van der Waals surface area (Å²) in [5.74, 6) is 1.67. The molecule has 72 heavy (non-hydrogen) atoms. The minimum Gasteiger partial charge on any atom is -0.453 e. The van der Waals surface area contributed by atoms with Gasteiger partial charge < -0.3 is 39.1 Å². The molecule has 372 valence electrons. The molecule has 2 aliphatic heterocycles. The summed E-state index contributed by atoms with van der Waals surface area (Å²) in [6.07, 6.45) is 1.59. The lowest BCUT2D eigenvalue weighted by Gasteiger charge is -2.35. The summed E-state index contributed by atoms with van der Waals surface area (Å²) in [5, 5.41) is 36.3. The van der Waals surface area contributed by atoms with Gasteiger partial charge in [0.25, 0.3) is 0 Å². The average molecular weight is 1120 g/mol. The molecule has 3 aliphatic rings. The molecule has 11 rings (SSSR count). The number of hydrogen-bond donors (Lipinski definition) is 2. The number of carbonyl (C=O) groups excluding carboxylic acids is 1. The van der Waals surface area contributed by atoms with Crippen LogP contribution in [0.2, 0.25) is 5.02 Å². The van der Waals surface area contributed by atoms with Gasteiger partial charge in [0.1, 0.15) is 23.4 Å². The first-order valence-corrected chi connectivity index (χ1v) is 25.5. The first-order chi connectivity index (χ1) is 34.3. The summed E-state index contributed by atoms with van der Waals surface area (Å²) in [6.45, 7) is 10.3. The van der Waals surface area contributed by atoms with Gasteiger partial charge in [-0.15, -0.1) is 15.3 Å². The Hall–Kier alpha value is -6.43. The zero-order valence-electron chi connectivity index (χ0n) is 39.9. The van der Waals surface area contributed by atoms with E-state index in [2.05, 4.69) is 106 Å². The van der Waals surface area contributed by atoms with E-state index in [1.54, 1.807) is 16.9 Å². The zero-order valence-corrected chi connectivity index (χ0v) is 43.9. The molecular formula is C55H58Br2ClN11O3. The summed E-state index contributed by atoms with van der Waals surface area (Å²) in [5.41, 5.74) is 7.53. The van der Waals surface area contributed by atoms with Crippen molar-refractivity contribution in [3.8, 4) is 11.5 Å². The summed E-state index contributed by atoms with van der Waals surface area (Å²) in [4.78, 5) is 25.6. The molecule has 3 aromatic heterocycles. The minimum atomic E-state index is -0.402. The average Bonchev–Trinajstić information content (AvgIpc) is 3.96. The molecular weight excluding hydrogens is 1060 g/mol. The van der Waals surface area contributed by atoms with Gasteiger partial charge in [-0.3, -0.25) is 4.79 Å². The van der Waals surface area contributed by atoms with Crippen molar-refractivity contribution in [3.63, 3.8) is 0 Å². The lowest BCUT2D eigenvalue weighted by atomic mass is 10.0. The number of amides is 1. The fourth-order valence-electron chi connectivity index (χ4n) is 9.12. The molecule has 0 spiro atoms. The molecule has 1 aliphatic carbocycles. The summed E-state index contributed by atoms with van der Waals surface area (Å²) < 4.78 is 12.1. The van der Waals surface area contributed by atoms with Gasteiger partial charge in [0.15, 0.2) is 17.0 Å².